The first-order valence-electron chi connectivity index (χ1n) is 9.08. The van der Waals surface area contributed by atoms with Gasteiger partial charge in [0.1, 0.15) is 19.8 Å². The number of nitrogens with zero attached hydrogens (tertiary/aromatic N) is 1. The van der Waals surface area contributed by atoms with Gasteiger partial charge < -0.3 is 14.8 Å². The lowest BCUT2D eigenvalue weighted by molar-refractivity contribution is -0.120. The summed E-state index contributed by atoms with van der Waals surface area (Å²) < 4.78 is 36.8. The summed E-state index contributed by atoms with van der Waals surface area (Å²) in [5.74, 6) is 0.859. The van der Waals surface area contributed by atoms with Gasteiger partial charge in [-0.1, -0.05) is 23.7 Å². The lowest BCUT2D eigenvalue weighted by Gasteiger charge is -2.25. The Labute approximate surface area is 175 Å². The molecule has 1 N–H and O–H groups in total. The monoisotopic (exact) mass is 438 g/mol. The van der Waals surface area contributed by atoms with Crippen molar-refractivity contribution in [2.24, 2.45) is 0 Å². The highest BCUT2D eigenvalue weighted by Crippen LogP contribution is 2.32. The minimum atomic E-state index is -3.69. The van der Waals surface area contributed by atoms with Crippen LogP contribution in [0.4, 0.5) is 5.69 Å². The molecule has 29 heavy (non-hydrogen) atoms. The van der Waals surface area contributed by atoms with Crippen LogP contribution < -0.4 is 19.1 Å². The van der Waals surface area contributed by atoms with Gasteiger partial charge in [-0.2, -0.15) is 0 Å². The third-order valence-corrected chi connectivity index (χ3v) is 6.17. The van der Waals surface area contributed by atoms with E-state index in [2.05, 4.69) is 5.32 Å². The van der Waals surface area contributed by atoms with E-state index in [1.54, 1.807) is 31.2 Å². The first-order valence-corrected chi connectivity index (χ1v) is 11.3. The van der Waals surface area contributed by atoms with E-state index in [1.165, 1.54) is 0 Å². The molecular formula is C20H23ClN2O5S. The van der Waals surface area contributed by atoms with Crippen molar-refractivity contribution in [1.82, 2.24) is 5.32 Å². The molecular weight excluding hydrogens is 416 g/mol. The summed E-state index contributed by atoms with van der Waals surface area (Å²) in [5.41, 5.74) is 1.79. The number of halogens is 1. The molecule has 1 aliphatic rings. The maximum atomic E-state index is 12.6. The quantitative estimate of drug-likeness (QED) is 0.749. The molecule has 0 unspecified atom stereocenters. The molecule has 9 heteroatoms. The van der Waals surface area contributed by atoms with Crippen molar-refractivity contribution in [3.8, 4) is 11.5 Å². The molecule has 1 atom stereocenters. The predicted octanol–water partition coefficient (Wildman–Crippen LogP) is 3.06. The van der Waals surface area contributed by atoms with Crippen LogP contribution >= 0.6 is 11.6 Å². The molecule has 0 saturated heterocycles. The van der Waals surface area contributed by atoms with Gasteiger partial charge in [0.15, 0.2) is 11.5 Å². The number of nitrogens with one attached hydrogen (secondary N) is 1. The number of fused-ring (bicyclic) bond motifs is 1. The highest BCUT2D eigenvalue weighted by atomic mass is 35.5. The van der Waals surface area contributed by atoms with E-state index in [-0.39, 0.29) is 12.6 Å². The number of anilines is 1. The fraction of sp³-hybridized carbons (Fsp3) is 0.350. The Bertz CT molecular complexity index is 1030. The highest BCUT2D eigenvalue weighted by Gasteiger charge is 2.24. The van der Waals surface area contributed by atoms with E-state index < -0.39 is 15.9 Å². The van der Waals surface area contributed by atoms with Crippen LogP contribution in [0.3, 0.4) is 0 Å². The van der Waals surface area contributed by atoms with E-state index in [0.717, 1.165) is 16.1 Å². The van der Waals surface area contributed by atoms with Crippen LogP contribution in [-0.2, 0) is 14.8 Å². The molecule has 1 aliphatic heterocycles. The second kappa shape index (κ2) is 8.51. The Morgan fingerprint density at radius 1 is 1.21 bits per heavy atom. The summed E-state index contributed by atoms with van der Waals surface area (Å²) in [5, 5.41) is 3.27. The maximum absolute atomic E-state index is 12.6. The summed E-state index contributed by atoms with van der Waals surface area (Å²) in [4.78, 5) is 12.6. The average Bonchev–Trinajstić information content (AvgIpc) is 2.67. The van der Waals surface area contributed by atoms with Gasteiger partial charge in [-0.25, -0.2) is 8.42 Å². The molecule has 0 aromatic heterocycles. The molecule has 0 radical (unpaired) electrons. The van der Waals surface area contributed by atoms with Gasteiger partial charge in [0.05, 0.1) is 18.0 Å². The molecule has 0 spiro atoms. The molecule has 2 aromatic rings. The molecule has 156 valence electrons. The van der Waals surface area contributed by atoms with Crippen molar-refractivity contribution in [2.45, 2.75) is 19.9 Å². The maximum Gasteiger partial charge on any atom is 0.241 e. The smallest absolute Gasteiger partial charge is 0.241 e. The summed E-state index contributed by atoms with van der Waals surface area (Å²) in [6.07, 6.45) is 1.06. The van der Waals surface area contributed by atoms with E-state index in [9.17, 15) is 13.2 Å². The molecule has 0 aliphatic carbocycles. The fourth-order valence-corrected chi connectivity index (χ4v) is 4.15. The van der Waals surface area contributed by atoms with Gasteiger partial charge in [0.2, 0.25) is 15.9 Å². The number of sulfonamides is 1. The largest absolute Gasteiger partial charge is 0.486 e. The minimum absolute atomic E-state index is 0.347. The van der Waals surface area contributed by atoms with Crippen molar-refractivity contribution >= 4 is 33.2 Å². The number of hydrogen-bond donors (Lipinski definition) is 1. The van der Waals surface area contributed by atoms with Crippen molar-refractivity contribution < 1.29 is 22.7 Å². The van der Waals surface area contributed by atoms with E-state index in [0.29, 0.717) is 41.0 Å². The number of carbonyl (C=O) groups excluding carboxylic acids is 1. The van der Waals surface area contributed by atoms with Gasteiger partial charge in [-0.05, 0) is 49.2 Å². The summed E-state index contributed by atoms with van der Waals surface area (Å²) in [6.45, 7) is 4.15. The van der Waals surface area contributed by atoms with Gasteiger partial charge in [-0.3, -0.25) is 9.10 Å². The molecule has 0 bridgehead atoms. The SMILES string of the molecule is Cc1c(Cl)cccc1N(CC(=O)N[C@H](C)c1ccc2c(c1)OCCO2)S(C)(=O)=O. The van der Waals surface area contributed by atoms with Gasteiger partial charge in [0.25, 0.3) is 0 Å². The molecule has 0 fully saturated rings. The van der Waals surface area contributed by atoms with Crippen molar-refractivity contribution in [2.75, 3.05) is 30.3 Å². The Morgan fingerprint density at radius 3 is 2.59 bits per heavy atom. The van der Waals surface area contributed by atoms with Gasteiger partial charge >= 0.3 is 0 Å². The third-order valence-electron chi connectivity index (χ3n) is 4.64. The van der Waals surface area contributed by atoms with Crippen LogP contribution in [-0.4, -0.2) is 40.3 Å². The summed E-state index contributed by atoms with van der Waals surface area (Å²) in [7, 11) is -3.69. The summed E-state index contributed by atoms with van der Waals surface area (Å²) in [6, 6.07) is 10.1. The lowest BCUT2D eigenvalue weighted by atomic mass is 10.1. The topological polar surface area (TPSA) is 84.9 Å². The zero-order valence-electron chi connectivity index (χ0n) is 16.4. The van der Waals surface area contributed by atoms with E-state index in [4.69, 9.17) is 21.1 Å². The van der Waals surface area contributed by atoms with Crippen molar-refractivity contribution in [3.63, 3.8) is 0 Å². The van der Waals surface area contributed by atoms with Crippen LogP contribution in [0.2, 0.25) is 5.02 Å². The van der Waals surface area contributed by atoms with Crippen LogP contribution in [0.25, 0.3) is 0 Å². The standard InChI is InChI=1S/C20H23ClN2O5S/c1-13-16(21)5-4-6-17(13)23(29(3,25)26)12-20(24)22-14(2)15-7-8-18-19(11-15)28-10-9-27-18/h4-8,11,14H,9-10,12H2,1-3H3,(H,22,24)/t14-/m1/s1. The molecule has 1 heterocycles. The zero-order chi connectivity index (χ0) is 21.2. The number of ether oxygens (including phenoxy) is 2. The molecule has 0 saturated carbocycles. The number of benzene rings is 2. The second-order valence-corrected chi connectivity index (χ2v) is 9.16. The summed E-state index contributed by atoms with van der Waals surface area (Å²) >= 11 is 6.12. The number of rotatable bonds is 6. The first kappa shape index (κ1) is 21.3. The fourth-order valence-electron chi connectivity index (χ4n) is 3.08. The van der Waals surface area contributed by atoms with E-state index in [1.807, 2.05) is 19.1 Å². The second-order valence-electron chi connectivity index (χ2n) is 6.85. The highest BCUT2D eigenvalue weighted by molar-refractivity contribution is 7.92. The minimum Gasteiger partial charge on any atom is -0.486 e. The Kier molecular flexibility index (Phi) is 6.24. The van der Waals surface area contributed by atoms with Crippen LogP contribution in [0.5, 0.6) is 11.5 Å². The van der Waals surface area contributed by atoms with Gasteiger partial charge in [0, 0.05) is 5.02 Å². The number of hydrogen-bond acceptors (Lipinski definition) is 5. The predicted molar refractivity (Wildman–Crippen MR) is 112 cm³/mol. The van der Waals surface area contributed by atoms with Crippen LogP contribution in [0.15, 0.2) is 36.4 Å². The first-order chi connectivity index (χ1) is 13.7. The molecule has 7 nitrogen and oxygen atoms in total. The zero-order valence-corrected chi connectivity index (χ0v) is 18.0. The van der Waals surface area contributed by atoms with E-state index >= 15 is 0 Å². The Morgan fingerprint density at radius 2 is 1.90 bits per heavy atom. The number of carbonyl (C=O) groups is 1. The van der Waals surface area contributed by atoms with Crippen LogP contribution in [0, 0.1) is 6.92 Å². The molecule has 2 aromatic carbocycles. The number of amides is 1. The lowest BCUT2D eigenvalue weighted by Crippen LogP contribution is -2.41. The normalized spacial score (nSPS) is 14.2. The van der Waals surface area contributed by atoms with Gasteiger partial charge in [-0.15, -0.1) is 0 Å². The van der Waals surface area contributed by atoms with Crippen molar-refractivity contribution in [1.29, 1.82) is 0 Å². The molecule has 1 amide bonds. The molecule has 3 rings (SSSR count). The Balaban J connectivity index is 1.76. The van der Waals surface area contributed by atoms with Crippen molar-refractivity contribution in [3.05, 3.63) is 52.5 Å². The van der Waals surface area contributed by atoms with Crippen LogP contribution in [0.1, 0.15) is 24.1 Å². The third kappa shape index (κ3) is 4.94. The Hall–Kier alpha value is -2.45. The average molecular weight is 439 g/mol.